The minimum Gasteiger partial charge on any atom is -0.497 e. The third-order valence-electron chi connectivity index (χ3n) is 5.44. The Kier molecular flexibility index (Phi) is 3.98. The van der Waals surface area contributed by atoms with E-state index in [0.717, 1.165) is 11.1 Å². The molecule has 8 heteroatoms. The van der Waals surface area contributed by atoms with Crippen molar-refractivity contribution in [3.8, 4) is 28.4 Å². The summed E-state index contributed by atoms with van der Waals surface area (Å²) in [6, 6.07) is 12.7. The second kappa shape index (κ2) is 6.47. The Labute approximate surface area is 177 Å². The number of guanidine groups is 1. The van der Waals surface area contributed by atoms with Crippen LogP contribution in [0.5, 0.6) is 17.2 Å². The summed E-state index contributed by atoms with van der Waals surface area (Å²) < 4.78 is 11.5. The molecule has 1 spiro atoms. The number of aromatic nitrogens is 1. The van der Waals surface area contributed by atoms with Gasteiger partial charge in [0, 0.05) is 36.1 Å². The average Bonchev–Trinajstić information content (AvgIpc) is 2.98. The van der Waals surface area contributed by atoms with Crippen LogP contribution in [0.3, 0.4) is 0 Å². The number of hydrogen-bond acceptors (Lipinski definition) is 6. The molecule has 1 unspecified atom stereocenters. The van der Waals surface area contributed by atoms with Crippen molar-refractivity contribution in [1.82, 2.24) is 9.88 Å². The number of amides is 1. The van der Waals surface area contributed by atoms with Gasteiger partial charge in [-0.15, -0.1) is 0 Å². The zero-order valence-corrected chi connectivity index (χ0v) is 17.0. The van der Waals surface area contributed by atoms with Gasteiger partial charge in [-0.3, -0.25) is 14.7 Å². The Hall–Kier alpha value is -3.58. The molecule has 150 valence electrons. The van der Waals surface area contributed by atoms with Crippen LogP contribution in [-0.4, -0.2) is 35.9 Å². The van der Waals surface area contributed by atoms with Gasteiger partial charge in [0.1, 0.15) is 17.2 Å². The number of methoxy groups -OCH3 is 1. The van der Waals surface area contributed by atoms with E-state index < -0.39 is 5.54 Å². The first-order valence-corrected chi connectivity index (χ1v) is 9.57. The number of pyridine rings is 1. The summed E-state index contributed by atoms with van der Waals surface area (Å²) in [6.07, 6.45) is 3.28. The molecule has 2 aliphatic heterocycles. The van der Waals surface area contributed by atoms with Crippen molar-refractivity contribution in [1.29, 1.82) is 0 Å². The van der Waals surface area contributed by atoms with Crippen molar-refractivity contribution in [3.63, 3.8) is 0 Å². The molecule has 0 radical (unpaired) electrons. The van der Waals surface area contributed by atoms with Gasteiger partial charge in [-0.1, -0.05) is 17.7 Å². The lowest BCUT2D eigenvalue weighted by Crippen LogP contribution is -2.42. The number of halogens is 1. The molecule has 2 aromatic carbocycles. The Bertz CT molecular complexity index is 1240. The normalized spacial score (nSPS) is 19.2. The fraction of sp³-hybridized carbons (Fsp3) is 0.136. The molecule has 1 aromatic heterocycles. The fourth-order valence-electron chi connectivity index (χ4n) is 3.91. The van der Waals surface area contributed by atoms with E-state index in [1.54, 1.807) is 44.8 Å². The van der Waals surface area contributed by atoms with E-state index in [1.807, 2.05) is 24.3 Å². The van der Waals surface area contributed by atoms with Gasteiger partial charge < -0.3 is 15.2 Å². The van der Waals surface area contributed by atoms with Gasteiger partial charge in [-0.2, -0.15) is 0 Å². The molecular weight excluding hydrogens is 404 g/mol. The number of ether oxygens (including phenoxy) is 2. The van der Waals surface area contributed by atoms with E-state index in [9.17, 15) is 4.79 Å². The zero-order chi connectivity index (χ0) is 21.0. The fourth-order valence-corrected chi connectivity index (χ4v) is 4.09. The largest absolute Gasteiger partial charge is 0.497 e. The quantitative estimate of drug-likeness (QED) is 0.684. The summed E-state index contributed by atoms with van der Waals surface area (Å²) >= 11 is 6.12. The van der Waals surface area contributed by atoms with Crippen molar-refractivity contribution in [3.05, 3.63) is 71.0 Å². The van der Waals surface area contributed by atoms with Gasteiger partial charge in [0.15, 0.2) is 5.96 Å². The van der Waals surface area contributed by atoms with Crippen molar-refractivity contribution in [2.75, 3.05) is 14.2 Å². The second-order valence-corrected chi connectivity index (χ2v) is 7.55. The van der Waals surface area contributed by atoms with Crippen LogP contribution in [0.2, 0.25) is 5.02 Å². The second-order valence-electron chi connectivity index (χ2n) is 7.11. The van der Waals surface area contributed by atoms with Crippen molar-refractivity contribution in [2.24, 2.45) is 10.7 Å². The zero-order valence-electron chi connectivity index (χ0n) is 16.2. The smallest absolute Gasteiger partial charge is 0.266 e. The molecule has 0 saturated carbocycles. The maximum atomic E-state index is 13.5. The standard InChI is InChI=1S/C22H17ClN4O3/c1-27-20(28)22(26-21(27)24)16-8-12(13-7-14(23)11-25-10-13)3-5-18(16)30-19-6-4-15(29-2)9-17(19)22/h3-11H,1-2H3,(H2,24,26). The summed E-state index contributed by atoms with van der Waals surface area (Å²) in [5.74, 6) is 1.52. The van der Waals surface area contributed by atoms with E-state index in [4.69, 9.17) is 26.8 Å². The first kappa shape index (κ1) is 18.4. The topological polar surface area (TPSA) is 90.0 Å². The van der Waals surface area contributed by atoms with E-state index in [-0.39, 0.29) is 11.9 Å². The lowest BCUT2D eigenvalue weighted by molar-refractivity contribution is -0.129. The van der Waals surface area contributed by atoms with Crippen LogP contribution in [0.4, 0.5) is 0 Å². The molecule has 2 N–H and O–H groups in total. The summed E-state index contributed by atoms with van der Waals surface area (Å²) in [5.41, 5.74) is 7.53. The molecule has 3 aromatic rings. The van der Waals surface area contributed by atoms with Crippen LogP contribution in [0.15, 0.2) is 59.9 Å². The Balaban J connectivity index is 1.80. The lowest BCUT2D eigenvalue weighted by Gasteiger charge is -2.34. The molecule has 1 amide bonds. The highest BCUT2D eigenvalue weighted by Gasteiger charge is 2.54. The number of nitrogens with zero attached hydrogens (tertiary/aromatic N) is 3. The molecule has 30 heavy (non-hydrogen) atoms. The summed E-state index contributed by atoms with van der Waals surface area (Å²) in [7, 11) is 3.17. The van der Waals surface area contributed by atoms with Crippen LogP contribution < -0.4 is 15.2 Å². The van der Waals surface area contributed by atoms with Crippen LogP contribution in [0.25, 0.3) is 11.1 Å². The maximum absolute atomic E-state index is 13.5. The van der Waals surface area contributed by atoms with Crippen LogP contribution in [0, 0.1) is 0 Å². The van der Waals surface area contributed by atoms with E-state index >= 15 is 0 Å². The van der Waals surface area contributed by atoms with Crippen molar-refractivity contribution < 1.29 is 14.3 Å². The Morgan fingerprint density at radius 1 is 1.07 bits per heavy atom. The molecule has 7 nitrogen and oxygen atoms in total. The highest BCUT2D eigenvalue weighted by molar-refractivity contribution is 6.30. The van der Waals surface area contributed by atoms with E-state index in [2.05, 4.69) is 9.98 Å². The minimum atomic E-state index is -1.36. The molecule has 0 saturated heterocycles. The molecule has 0 bridgehead atoms. The molecule has 3 heterocycles. The number of fused-ring (bicyclic) bond motifs is 4. The van der Waals surface area contributed by atoms with E-state index in [0.29, 0.717) is 33.4 Å². The summed E-state index contributed by atoms with van der Waals surface area (Å²) in [4.78, 5) is 23.7. The predicted octanol–water partition coefficient (Wildman–Crippen LogP) is 3.55. The number of aliphatic imine (C=N–C) groups is 1. The maximum Gasteiger partial charge on any atom is 0.266 e. The van der Waals surface area contributed by atoms with Gasteiger partial charge in [-0.05, 0) is 42.0 Å². The number of nitrogens with two attached hydrogens (primary N) is 1. The first-order valence-electron chi connectivity index (χ1n) is 9.19. The average molecular weight is 421 g/mol. The van der Waals surface area contributed by atoms with E-state index in [1.165, 1.54) is 4.90 Å². The number of rotatable bonds is 2. The summed E-state index contributed by atoms with van der Waals surface area (Å²) in [6.45, 7) is 0. The van der Waals surface area contributed by atoms with Gasteiger partial charge in [0.05, 0.1) is 12.1 Å². The molecule has 0 aliphatic carbocycles. The highest BCUT2D eigenvalue weighted by atomic mass is 35.5. The van der Waals surface area contributed by atoms with Crippen LogP contribution in [0.1, 0.15) is 11.1 Å². The predicted molar refractivity (Wildman–Crippen MR) is 113 cm³/mol. The SMILES string of the molecule is COc1ccc2c(c1)C1(N=C(N)N(C)C1=O)c1cc(-c3cncc(Cl)c3)ccc1O2. The molecule has 2 aliphatic rings. The number of carbonyl (C=O) groups excluding carboxylic acids is 1. The highest BCUT2D eigenvalue weighted by Crippen LogP contribution is 2.53. The number of hydrogen-bond donors (Lipinski definition) is 1. The Morgan fingerprint density at radius 3 is 2.47 bits per heavy atom. The van der Waals surface area contributed by atoms with Crippen LogP contribution >= 0.6 is 11.6 Å². The lowest BCUT2D eigenvalue weighted by atomic mass is 9.79. The van der Waals surface area contributed by atoms with Gasteiger partial charge in [0.2, 0.25) is 5.54 Å². The number of likely N-dealkylation sites (N-methyl/N-ethyl adjacent to an activating group) is 1. The van der Waals surface area contributed by atoms with Crippen LogP contribution in [-0.2, 0) is 10.3 Å². The number of carbonyl (C=O) groups is 1. The third-order valence-corrected chi connectivity index (χ3v) is 5.65. The number of benzene rings is 2. The van der Waals surface area contributed by atoms with Gasteiger partial charge >= 0.3 is 0 Å². The minimum absolute atomic E-state index is 0.136. The molecular formula is C22H17ClN4O3. The molecule has 1 atom stereocenters. The van der Waals surface area contributed by atoms with Crippen molar-refractivity contribution >= 4 is 23.5 Å². The van der Waals surface area contributed by atoms with Crippen molar-refractivity contribution in [2.45, 2.75) is 5.54 Å². The Morgan fingerprint density at radius 2 is 1.80 bits per heavy atom. The third kappa shape index (κ3) is 2.48. The molecule has 0 fully saturated rings. The molecule has 5 rings (SSSR count). The summed E-state index contributed by atoms with van der Waals surface area (Å²) in [5, 5.41) is 0.519. The first-order chi connectivity index (χ1) is 14.4. The monoisotopic (exact) mass is 420 g/mol. The van der Waals surface area contributed by atoms with Gasteiger partial charge in [0.25, 0.3) is 5.91 Å². The van der Waals surface area contributed by atoms with Gasteiger partial charge in [-0.25, -0.2) is 4.99 Å².